The lowest BCUT2D eigenvalue weighted by Crippen LogP contribution is -2.35. The van der Waals surface area contributed by atoms with Gasteiger partial charge in [0.1, 0.15) is 12.4 Å². The van der Waals surface area contributed by atoms with Crippen molar-refractivity contribution < 1.29 is 9.13 Å². The van der Waals surface area contributed by atoms with Gasteiger partial charge < -0.3 is 9.64 Å². The minimum atomic E-state index is -0.312. The van der Waals surface area contributed by atoms with Crippen molar-refractivity contribution in [2.24, 2.45) is 4.99 Å². The third kappa shape index (κ3) is 8.54. The Bertz CT molecular complexity index is 912. The number of nitrogens with zero attached hydrogens (tertiary/aromatic N) is 2. The molecule has 3 nitrogen and oxygen atoms in total. The fourth-order valence-electron chi connectivity index (χ4n) is 2.93. The van der Waals surface area contributed by atoms with Gasteiger partial charge >= 0.3 is 0 Å². The van der Waals surface area contributed by atoms with Crippen LogP contribution in [0.2, 0.25) is 0 Å². The Morgan fingerprint density at radius 2 is 1.97 bits per heavy atom. The summed E-state index contributed by atoms with van der Waals surface area (Å²) in [5.74, 6) is 0.475. The summed E-state index contributed by atoms with van der Waals surface area (Å²) in [5, 5.41) is 0. The molecule has 0 saturated heterocycles. The number of benzene rings is 1. The Morgan fingerprint density at radius 1 is 1.26 bits per heavy atom. The van der Waals surface area contributed by atoms with Gasteiger partial charge in [-0.15, -0.1) is 0 Å². The van der Waals surface area contributed by atoms with Gasteiger partial charge in [-0.05, 0) is 64.1 Å². The Balaban J connectivity index is 3.09. The van der Waals surface area contributed by atoms with Crippen LogP contribution in [0.1, 0.15) is 38.8 Å². The summed E-state index contributed by atoms with van der Waals surface area (Å²) in [5.41, 5.74) is 3.05. The van der Waals surface area contributed by atoms with Crippen molar-refractivity contribution in [1.29, 1.82) is 0 Å². The van der Waals surface area contributed by atoms with Crippen molar-refractivity contribution in [3.05, 3.63) is 102 Å². The first-order valence-corrected chi connectivity index (χ1v) is 10.9. The Labute approximate surface area is 194 Å². The second-order valence-corrected chi connectivity index (χ2v) is 7.82. The summed E-state index contributed by atoms with van der Waals surface area (Å²) >= 11 is 3.38. The molecule has 0 radical (unpaired) electrons. The first-order chi connectivity index (χ1) is 14.7. The van der Waals surface area contributed by atoms with Crippen LogP contribution in [0.15, 0.2) is 89.7 Å². The molecule has 0 N–H and O–H groups in total. The molecule has 31 heavy (non-hydrogen) atoms. The highest BCUT2D eigenvalue weighted by molar-refractivity contribution is 9.11. The zero-order valence-corrected chi connectivity index (χ0v) is 20.5. The molecular weight excluding hydrogens is 455 g/mol. The zero-order valence-electron chi connectivity index (χ0n) is 18.9. The van der Waals surface area contributed by atoms with E-state index in [0.29, 0.717) is 18.7 Å². The van der Waals surface area contributed by atoms with E-state index in [0.717, 1.165) is 27.2 Å². The molecule has 0 bridgehead atoms. The maximum absolute atomic E-state index is 14.1. The third-order valence-electron chi connectivity index (χ3n) is 4.62. The molecule has 0 aromatic heterocycles. The number of hydrogen-bond donors (Lipinski definition) is 0. The van der Waals surface area contributed by atoms with Crippen LogP contribution < -0.4 is 0 Å². The minimum Gasteiger partial charge on any atom is -0.496 e. The van der Waals surface area contributed by atoms with Crippen molar-refractivity contribution in [1.82, 2.24) is 4.90 Å². The van der Waals surface area contributed by atoms with Crippen molar-refractivity contribution >= 4 is 27.3 Å². The van der Waals surface area contributed by atoms with Crippen molar-refractivity contribution in [2.45, 2.75) is 33.7 Å². The molecule has 0 fully saturated rings. The molecule has 1 atom stereocenters. The largest absolute Gasteiger partial charge is 0.496 e. The van der Waals surface area contributed by atoms with E-state index in [1.54, 1.807) is 30.5 Å². The number of likely N-dealkylation sites (N-methyl/N-ethyl adjacent to an activating group) is 1. The molecule has 5 heteroatoms. The van der Waals surface area contributed by atoms with Gasteiger partial charge in [0.25, 0.3) is 0 Å². The summed E-state index contributed by atoms with van der Waals surface area (Å²) in [7, 11) is 0. The Morgan fingerprint density at radius 3 is 2.58 bits per heavy atom. The van der Waals surface area contributed by atoms with Crippen LogP contribution in [0.4, 0.5) is 4.39 Å². The molecular formula is C26H32BrFN2O. The maximum Gasteiger partial charge on any atom is 0.123 e. The second kappa shape index (κ2) is 13.6. The molecule has 1 aromatic rings. The molecule has 0 spiro atoms. The molecule has 1 rings (SSSR count). The van der Waals surface area contributed by atoms with Crippen molar-refractivity contribution in [3.8, 4) is 0 Å². The number of hydrogen-bond acceptors (Lipinski definition) is 3. The summed E-state index contributed by atoms with van der Waals surface area (Å²) in [6.45, 7) is 20.7. The lowest BCUT2D eigenvalue weighted by molar-refractivity contribution is 0.145. The van der Waals surface area contributed by atoms with Crippen molar-refractivity contribution in [3.63, 3.8) is 0 Å². The molecule has 0 aliphatic carbocycles. The topological polar surface area (TPSA) is 24.8 Å². The Kier molecular flexibility index (Phi) is 11.6. The zero-order chi connectivity index (χ0) is 23.4. The van der Waals surface area contributed by atoms with Crippen LogP contribution in [0, 0.1) is 5.82 Å². The standard InChI is InChI=1S/C26H32BrFN2O/c1-8-11-16-29-21(6)25-15-14-24(28)17-26(25)22(7)30(10-3)19(4)18-31-20(5)12-13-23(27)9-2/h8-9,11-17,19H,1-2,7,10,18H2,3-6H3/b16-11-,20-12+,23-13+,29-21?. The minimum absolute atomic E-state index is 0.0294. The van der Waals surface area contributed by atoms with Gasteiger partial charge in [0.2, 0.25) is 0 Å². The van der Waals surface area contributed by atoms with E-state index in [2.05, 4.69) is 52.5 Å². The van der Waals surface area contributed by atoms with Crippen LogP contribution >= 0.6 is 15.9 Å². The molecule has 0 saturated carbocycles. The summed E-state index contributed by atoms with van der Waals surface area (Å²) in [4.78, 5) is 6.53. The van der Waals surface area contributed by atoms with E-state index in [-0.39, 0.29) is 11.9 Å². The van der Waals surface area contributed by atoms with E-state index >= 15 is 0 Å². The van der Waals surface area contributed by atoms with Gasteiger partial charge in [-0.2, -0.15) is 0 Å². The number of halogens is 2. The Hall–Kier alpha value is -2.66. The molecule has 0 heterocycles. The number of ether oxygens (including phenoxy) is 1. The quantitative estimate of drug-likeness (QED) is 0.174. The number of allylic oxidation sites excluding steroid dienone is 7. The molecule has 0 amide bonds. The number of rotatable bonds is 12. The molecule has 1 unspecified atom stereocenters. The van der Waals surface area contributed by atoms with E-state index in [1.165, 1.54) is 12.1 Å². The molecule has 0 aliphatic heterocycles. The van der Waals surface area contributed by atoms with Crippen LogP contribution in [0.25, 0.3) is 5.70 Å². The first-order valence-electron chi connectivity index (χ1n) is 10.1. The van der Waals surface area contributed by atoms with Gasteiger partial charge in [0, 0.05) is 39.8 Å². The van der Waals surface area contributed by atoms with Crippen LogP contribution in [-0.2, 0) is 4.74 Å². The van der Waals surface area contributed by atoms with Gasteiger partial charge in [0.15, 0.2) is 0 Å². The maximum atomic E-state index is 14.1. The average Bonchev–Trinajstić information content (AvgIpc) is 2.76. The summed E-state index contributed by atoms with van der Waals surface area (Å²) < 4.78 is 20.9. The predicted molar refractivity (Wildman–Crippen MR) is 136 cm³/mol. The van der Waals surface area contributed by atoms with Gasteiger partial charge in [0.05, 0.1) is 11.8 Å². The lowest BCUT2D eigenvalue weighted by atomic mass is 9.99. The summed E-state index contributed by atoms with van der Waals surface area (Å²) in [6, 6.07) is 4.71. The van der Waals surface area contributed by atoms with Gasteiger partial charge in [-0.1, -0.05) is 47.8 Å². The second-order valence-electron chi connectivity index (χ2n) is 6.91. The monoisotopic (exact) mass is 486 g/mol. The van der Waals surface area contributed by atoms with E-state index in [4.69, 9.17) is 4.74 Å². The predicted octanol–water partition coefficient (Wildman–Crippen LogP) is 7.40. The van der Waals surface area contributed by atoms with Crippen LogP contribution in [0.3, 0.4) is 0 Å². The van der Waals surface area contributed by atoms with Gasteiger partial charge in [-0.3, -0.25) is 4.99 Å². The first kappa shape index (κ1) is 26.4. The lowest BCUT2D eigenvalue weighted by Gasteiger charge is -2.32. The average molecular weight is 487 g/mol. The SMILES string of the molecule is C=C/C=C\N=C(C)c1ccc(F)cc1C(=C)N(CC)C(C)CO/C(C)=C/C=C(/Br)C=C. The van der Waals surface area contributed by atoms with Crippen LogP contribution in [-0.4, -0.2) is 29.8 Å². The third-order valence-corrected chi connectivity index (χ3v) is 5.20. The smallest absolute Gasteiger partial charge is 0.123 e. The van der Waals surface area contributed by atoms with Crippen LogP contribution in [0.5, 0.6) is 0 Å². The molecule has 166 valence electrons. The number of aliphatic imine (C=N–C) groups is 1. The summed E-state index contributed by atoms with van der Waals surface area (Å²) in [6.07, 6.45) is 10.5. The molecule has 0 aliphatic rings. The van der Waals surface area contributed by atoms with E-state index in [1.807, 2.05) is 32.9 Å². The fourth-order valence-corrected chi connectivity index (χ4v) is 3.07. The molecule has 1 aromatic carbocycles. The normalized spacial score (nSPS) is 13.8. The van der Waals surface area contributed by atoms with Crippen molar-refractivity contribution in [2.75, 3.05) is 13.2 Å². The highest BCUT2D eigenvalue weighted by Gasteiger charge is 2.19. The highest BCUT2D eigenvalue weighted by atomic mass is 79.9. The highest BCUT2D eigenvalue weighted by Crippen LogP contribution is 2.25. The van der Waals surface area contributed by atoms with E-state index in [9.17, 15) is 4.39 Å². The van der Waals surface area contributed by atoms with Gasteiger partial charge in [-0.25, -0.2) is 4.39 Å². The fraction of sp³-hybridized carbons (Fsp3) is 0.269. The van der Waals surface area contributed by atoms with E-state index < -0.39 is 0 Å².